The zero-order valence-corrected chi connectivity index (χ0v) is 18.1. The van der Waals surface area contributed by atoms with Gasteiger partial charge in [-0.2, -0.15) is 0 Å². The molecule has 3 rings (SSSR count). The summed E-state index contributed by atoms with van der Waals surface area (Å²) in [7, 11) is 3.26. The van der Waals surface area contributed by atoms with E-state index in [9.17, 15) is 14.4 Å². The average molecular weight is 441 g/mol. The first kappa shape index (κ1) is 23.0. The van der Waals surface area contributed by atoms with Crippen LogP contribution in [0.1, 0.15) is 5.56 Å². The molecule has 1 fully saturated rings. The summed E-state index contributed by atoms with van der Waals surface area (Å²) in [6, 6.07) is 12.1. The fourth-order valence-electron chi connectivity index (χ4n) is 3.11. The van der Waals surface area contributed by atoms with Gasteiger partial charge < -0.3 is 31.3 Å². The number of epoxide rings is 1. The summed E-state index contributed by atoms with van der Waals surface area (Å²) >= 11 is 0. The first-order valence-electron chi connectivity index (χ1n) is 10.3. The molecule has 1 aromatic heterocycles. The van der Waals surface area contributed by atoms with E-state index in [1.807, 2.05) is 30.3 Å². The molecule has 0 radical (unpaired) electrons. The third-order valence-corrected chi connectivity index (χ3v) is 4.86. The van der Waals surface area contributed by atoms with Crippen LogP contribution in [0, 0.1) is 0 Å². The minimum absolute atomic E-state index is 0.230. The second kappa shape index (κ2) is 10.6. The molecular formula is C22H28N6O4. The van der Waals surface area contributed by atoms with E-state index in [1.54, 1.807) is 26.2 Å². The van der Waals surface area contributed by atoms with Crippen LogP contribution in [0.2, 0.25) is 0 Å². The maximum Gasteiger partial charge on any atom is 0.253 e. The van der Waals surface area contributed by atoms with Gasteiger partial charge >= 0.3 is 0 Å². The summed E-state index contributed by atoms with van der Waals surface area (Å²) in [5, 5.41) is 8.48. The predicted molar refractivity (Wildman–Crippen MR) is 120 cm³/mol. The van der Waals surface area contributed by atoms with Crippen LogP contribution in [0.3, 0.4) is 0 Å². The number of hydrogen-bond acceptors (Lipinski definition) is 7. The zero-order valence-electron chi connectivity index (χ0n) is 18.1. The molecule has 0 spiro atoms. The number of carbonyl (C=O) groups excluding carboxylic acids is 3. The van der Waals surface area contributed by atoms with Gasteiger partial charge in [0.1, 0.15) is 11.9 Å². The number of likely N-dealkylation sites (N-methyl/N-ethyl adjacent to an activating group) is 1. The molecule has 0 bridgehead atoms. The van der Waals surface area contributed by atoms with E-state index in [0.717, 1.165) is 5.56 Å². The van der Waals surface area contributed by atoms with Gasteiger partial charge in [0.05, 0.1) is 11.9 Å². The van der Waals surface area contributed by atoms with Crippen molar-refractivity contribution < 1.29 is 19.1 Å². The second-order valence-corrected chi connectivity index (χ2v) is 7.66. The molecule has 1 aromatic carbocycles. The molecular weight excluding hydrogens is 412 g/mol. The van der Waals surface area contributed by atoms with E-state index >= 15 is 0 Å². The summed E-state index contributed by atoms with van der Waals surface area (Å²) in [6.07, 6.45) is 0.109. The Balaban J connectivity index is 1.44. The van der Waals surface area contributed by atoms with Crippen molar-refractivity contribution in [1.82, 2.24) is 20.5 Å². The van der Waals surface area contributed by atoms with Crippen molar-refractivity contribution in [3.05, 3.63) is 54.2 Å². The van der Waals surface area contributed by atoms with Gasteiger partial charge in [-0.1, -0.05) is 30.3 Å². The van der Waals surface area contributed by atoms with Gasteiger partial charge in [0.25, 0.3) is 11.8 Å². The molecule has 0 saturated carbocycles. The highest BCUT2D eigenvalue weighted by Crippen LogP contribution is 2.22. The lowest BCUT2D eigenvalue weighted by Gasteiger charge is -2.21. The average Bonchev–Trinajstić information content (AvgIpc) is 3.59. The fourth-order valence-corrected chi connectivity index (χ4v) is 3.11. The lowest BCUT2D eigenvalue weighted by Crippen LogP contribution is -2.49. The number of pyridine rings is 1. The van der Waals surface area contributed by atoms with Crippen molar-refractivity contribution in [2.45, 2.75) is 24.7 Å². The maximum absolute atomic E-state index is 12.6. The number of ether oxygens (including phenoxy) is 1. The Bertz CT molecular complexity index is 935. The van der Waals surface area contributed by atoms with E-state index in [2.05, 4.69) is 20.9 Å². The summed E-state index contributed by atoms with van der Waals surface area (Å²) in [5.41, 5.74) is 7.07. The standard InChI is InChI=1S/C22H28N6O4/c1-28(2)22(31)16(12-14-6-4-3-5-7-14)27-21(30)19-18(32-19)20(29)25-11-10-24-17-9-8-15(23)13-26-17/h3-9,13,16,18-19H,10-12,23H2,1-2H3,(H,24,26)(H,25,29)(H,27,30)/t16-,18-,19-/m0/s1. The van der Waals surface area contributed by atoms with Crippen LogP contribution in [-0.4, -0.2) is 73.0 Å². The van der Waals surface area contributed by atoms with Crippen molar-refractivity contribution in [2.75, 3.05) is 38.2 Å². The number of nitrogens with two attached hydrogens (primary N) is 1. The van der Waals surface area contributed by atoms with Gasteiger partial charge in [-0.15, -0.1) is 0 Å². The van der Waals surface area contributed by atoms with Gasteiger partial charge in [0.2, 0.25) is 5.91 Å². The molecule has 10 heteroatoms. The highest BCUT2D eigenvalue weighted by atomic mass is 16.6. The van der Waals surface area contributed by atoms with Gasteiger partial charge in [-0.05, 0) is 17.7 Å². The summed E-state index contributed by atoms with van der Waals surface area (Å²) in [4.78, 5) is 42.9. The monoisotopic (exact) mass is 440 g/mol. The Morgan fingerprint density at radius 1 is 1.06 bits per heavy atom. The predicted octanol–water partition coefficient (Wildman–Crippen LogP) is -0.225. The number of carbonyl (C=O) groups is 3. The lowest BCUT2D eigenvalue weighted by molar-refractivity contribution is -0.134. The minimum Gasteiger partial charge on any atom is -0.397 e. The molecule has 5 N–H and O–H groups in total. The number of nitrogens with one attached hydrogen (secondary N) is 3. The maximum atomic E-state index is 12.6. The first-order valence-corrected chi connectivity index (χ1v) is 10.3. The van der Waals surface area contributed by atoms with Crippen molar-refractivity contribution in [1.29, 1.82) is 0 Å². The van der Waals surface area contributed by atoms with Crippen LogP contribution >= 0.6 is 0 Å². The number of hydrogen-bond donors (Lipinski definition) is 4. The number of nitrogens with zero attached hydrogens (tertiary/aromatic N) is 2. The molecule has 3 amide bonds. The molecule has 0 aliphatic carbocycles. The summed E-state index contributed by atoms with van der Waals surface area (Å²) in [5.74, 6) is -0.448. The van der Waals surface area contributed by atoms with Crippen molar-refractivity contribution >= 4 is 29.2 Å². The fraction of sp³-hybridized carbons (Fsp3) is 0.364. The number of anilines is 2. The van der Waals surface area contributed by atoms with Crippen LogP contribution in [-0.2, 0) is 25.5 Å². The Morgan fingerprint density at radius 3 is 2.44 bits per heavy atom. The van der Waals surface area contributed by atoms with Crippen molar-refractivity contribution in [3.8, 4) is 0 Å². The molecule has 2 heterocycles. The highest BCUT2D eigenvalue weighted by Gasteiger charge is 2.50. The Labute approximate surface area is 186 Å². The van der Waals surface area contributed by atoms with E-state index in [-0.39, 0.29) is 11.8 Å². The largest absolute Gasteiger partial charge is 0.397 e. The minimum atomic E-state index is -0.907. The molecule has 32 heavy (non-hydrogen) atoms. The van der Waals surface area contributed by atoms with Crippen molar-refractivity contribution in [3.63, 3.8) is 0 Å². The van der Waals surface area contributed by atoms with Crippen LogP contribution in [0.15, 0.2) is 48.7 Å². The van der Waals surface area contributed by atoms with E-state index in [1.165, 1.54) is 11.1 Å². The number of aromatic nitrogens is 1. The van der Waals surface area contributed by atoms with Gasteiger partial charge in [0.15, 0.2) is 12.2 Å². The molecule has 3 atom stereocenters. The van der Waals surface area contributed by atoms with Crippen LogP contribution in [0.5, 0.6) is 0 Å². The summed E-state index contributed by atoms with van der Waals surface area (Å²) in [6.45, 7) is 0.775. The second-order valence-electron chi connectivity index (χ2n) is 7.66. The molecule has 1 aliphatic rings. The quantitative estimate of drug-likeness (QED) is 0.295. The van der Waals surface area contributed by atoms with Crippen LogP contribution in [0.4, 0.5) is 11.5 Å². The highest BCUT2D eigenvalue weighted by molar-refractivity contribution is 5.97. The van der Waals surface area contributed by atoms with E-state index in [4.69, 9.17) is 10.5 Å². The Kier molecular flexibility index (Phi) is 7.61. The smallest absolute Gasteiger partial charge is 0.253 e. The van der Waals surface area contributed by atoms with Crippen LogP contribution < -0.4 is 21.7 Å². The SMILES string of the molecule is CN(C)C(=O)[C@H](Cc1ccccc1)NC(=O)[C@H]1O[C@@H]1C(=O)NCCNc1ccc(N)cn1. The molecule has 0 unspecified atom stereocenters. The topological polar surface area (TPSA) is 142 Å². The molecule has 1 saturated heterocycles. The Morgan fingerprint density at radius 2 is 1.78 bits per heavy atom. The third-order valence-electron chi connectivity index (χ3n) is 4.86. The third kappa shape index (κ3) is 6.42. The van der Waals surface area contributed by atoms with Gasteiger partial charge in [-0.3, -0.25) is 14.4 Å². The van der Waals surface area contributed by atoms with Crippen molar-refractivity contribution in [2.24, 2.45) is 0 Å². The number of rotatable bonds is 10. The summed E-state index contributed by atoms with van der Waals surface area (Å²) < 4.78 is 5.26. The van der Waals surface area contributed by atoms with Gasteiger partial charge in [0, 0.05) is 33.6 Å². The first-order chi connectivity index (χ1) is 15.3. The molecule has 170 valence electrons. The van der Waals surface area contributed by atoms with Gasteiger partial charge in [-0.25, -0.2) is 4.98 Å². The molecule has 10 nitrogen and oxygen atoms in total. The number of amides is 3. The lowest BCUT2D eigenvalue weighted by atomic mass is 10.0. The van der Waals surface area contributed by atoms with Crippen LogP contribution in [0.25, 0.3) is 0 Å². The number of nitrogen functional groups attached to an aromatic ring is 1. The van der Waals surface area contributed by atoms with E-state index < -0.39 is 24.2 Å². The normalized spacial score (nSPS) is 17.7. The molecule has 1 aliphatic heterocycles. The zero-order chi connectivity index (χ0) is 23.1. The number of benzene rings is 1. The Hall–Kier alpha value is -3.66. The van der Waals surface area contributed by atoms with E-state index in [0.29, 0.717) is 31.0 Å². The molecule has 2 aromatic rings.